The van der Waals surface area contributed by atoms with E-state index in [-0.39, 0.29) is 0 Å². The first-order chi connectivity index (χ1) is 24.8. The molecule has 0 atom stereocenters. The zero-order chi connectivity index (χ0) is 33.3. The normalized spacial score (nSPS) is 11.2. The molecule has 0 bridgehead atoms. The van der Waals surface area contributed by atoms with Gasteiger partial charge >= 0.3 is 0 Å². The van der Waals surface area contributed by atoms with Crippen molar-refractivity contribution in [1.82, 2.24) is 24.9 Å². The second-order valence-corrected chi connectivity index (χ2v) is 12.1. The van der Waals surface area contributed by atoms with Gasteiger partial charge in [-0.05, 0) is 40.8 Å². The minimum Gasteiger partial charge on any atom is -0.246 e. The van der Waals surface area contributed by atoms with Crippen LogP contribution in [-0.2, 0) is 0 Å². The number of rotatable bonds is 6. The van der Waals surface area contributed by atoms with E-state index in [0.717, 1.165) is 66.8 Å². The largest absolute Gasteiger partial charge is 0.246 e. The Morgan fingerprint density at radius 3 is 1.42 bits per heavy atom. The predicted molar refractivity (Wildman–Crippen MR) is 203 cm³/mol. The van der Waals surface area contributed by atoms with E-state index >= 15 is 0 Å². The molecule has 0 aliphatic rings. The van der Waals surface area contributed by atoms with E-state index in [2.05, 4.69) is 103 Å². The van der Waals surface area contributed by atoms with Crippen molar-refractivity contribution in [2.24, 2.45) is 0 Å². The third-order valence-corrected chi connectivity index (χ3v) is 8.93. The van der Waals surface area contributed by atoms with Gasteiger partial charge in [-0.3, -0.25) is 0 Å². The van der Waals surface area contributed by atoms with Crippen molar-refractivity contribution >= 4 is 21.7 Å². The number of para-hydroxylation sites is 1. The lowest BCUT2D eigenvalue weighted by Crippen LogP contribution is -2.00. The van der Waals surface area contributed by atoms with Gasteiger partial charge in [-0.25, -0.2) is 24.9 Å². The summed E-state index contributed by atoms with van der Waals surface area (Å²) < 4.78 is 0. The van der Waals surface area contributed by atoms with Crippen molar-refractivity contribution in [1.29, 1.82) is 0 Å². The van der Waals surface area contributed by atoms with Gasteiger partial charge in [-0.1, -0.05) is 152 Å². The summed E-state index contributed by atoms with van der Waals surface area (Å²) in [7, 11) is 0. The molecule has 0 fully saturated rings. The van der Waals surface area contributed by atoms with Crippen molar-refractivity contribution in [3.05, 3.63) is 176 Å². The highest BCUT2D eigenvalue weighted by Gasteiger charge is 2.14. The van der Waals surface area contributed by atoms with Crippen LogP contribution in [0.1, 0.15) is 0 Å². The second-order valence-electron chi connectivity index (χ2n) is 12.1. The molecule has 0 aliphatic heterocycles. The summed E-state index contributed by atoms with van der Waals surface area (Å²) in [6, 6.07) is 59.9. The standard InChI is InChI=1S/C45H29N5/c1-3-13-31(14-4-1)43-48-44(32-15-5-2-6-16-32)50-45(49-43)33-27-25-30(26-28-33)34-17-11-18-35(29-34)39-23-12-24-41(46-39)42-38-21-8-7-19-36(38)37-20-9-10-22-40(37)47-42/h1-29H. The van der Waals surface area contributed by atoms with Crippen LogP contribution in [-0.4, -0.2) is 24.9 Å². The van der Waals surface area contributed by atoms with Gasteiger partial charge in [-0.15, -0.1) is 0 Å². The van der Waals surface area contributed by atoms with E-state index < -0.39 is 0 Å². The summed E-state index contributed by atoms with van der Waals surface area (Å²) in [6.45, 7) is 0. The number of fused-ring (bicyclic) bond motifs is 3. The fourth-order valence-corrected chi connectivity index (χ4v) is 6.43. The van der Waals surface area contributed by atoms with Crippen LogP contribution in [0.3, 0.4) is 0 Å². The van der Waals surface area contributed by atoms with Crippen molar-refractivity contribution in [2.75, 3.05) is 0 Å². The van der Waals surface area contributed by atoms with Crippen LogP contribution in [0.25, 0.3) is 89.6 Å². The van der Waals surface area contributed by atoms with Gasteiger partial charge in [0, 0.05) is 33.0 Å². The Hall–Kier alpha value is -6.85. The molecule has 0 radical (unpaired) electrons. The molecular weight excluding hydrogens is 611 g/mol. The van der Waals surface area contributed by atoms with Crippen LogP contribution in [0, 0.1) is 0 Å². The molecule has 5 heteroatoms. The van der Waals surface area contributed by atoms with E-state index in [4.69, 9.17) is 24.9 Å². The summed E-state index contributed by atoms with van der Waals surface area (Å²) in [6.07, 6.45) is 0. The topological polar surface area (TPSA) is 64.5 Å². The van der Waals surface area contributed by atoms with Gasteiger partial charge < -0.3 is 0 Å². The Morgan fingerprint density at radius 1 is 0.260 bits per heavy atom. The minimum absolute atomic E-state index is 0.633. The van der Waals surface area contributed by atoms with E-state index in [9.17, 15) is 0 Å². The average molecular weight is 640 g/mol. The number of nitrogens with zero attached hydrogens (tertiary/aromatic N) is 5. The van der Waals surface area contributed by atoms with Crippen molar-refractivity contribution in [3.63, 3.8) is 0 Å². The molecule has 0 aliphatic carbocycles. The molecule has 3 heterocycles. The maximum absolute atomic E-state index is 5.14. The molecule has 5 nitrogen and oxygen atoms in total. The lowest BCUT2D eigenvalue weighted by atomic mass is 9.99. The number of aromatic nitrogens is 5. The summed E-state index contributed by atoms with van der Waals surface area (Å²) in [5, 5.41) is 3.41. The highest BCUT2D eigenvalue weighted by Crippen LogP contribution is 2.34. The molecule has 3 aromatic heterocycles. The average Bonchev–Trinajstić information content (AvgIpc) is 3.21. The molecule has 6 aromatic carbocycles. The molecule has 234 valence electrons. The van der Waals surface area contributed by atoms with E-state index in [0.29, 0.717) is 17.5 Å². The van der Waals surface area contributed by atoms with Crippen LogP contribution >= 0.6 is 0 Å². The Labute approximate surface area is 289 Å². The van der Waals surface area contributed by atoms with Crippen LogP contribution in [0.5, 0.6) is 0 Å². The monoisotopic (exact) mass is 639 g/mol. The Morgan fingerprint density at radius 2 is 0.740 bits per heavy atom. The van der Waals surface area contributed by atoms with Gasteiger partial charge in [0.05, 0.1) is 22.6 Å². The minimum atomic E-state index is 0.633. The first-order valence-electron chi connectivity index (χ1n) is 16.6. The zero-order valence-corrected chi connectivity index (χ0v) is 27.0. The van der Waals surface area contributed by atoms with Crippen molar-refractivity contribution in [3.8, 4) is 67.9 Å². The summed E-state index contributed by atoms with van der Waals surface area (Å²) in [5.41, 5.74) is 9.64. The summed E-state index contributed by atoms with van der Waals surface area (Å²) in [5.74, 6) is 1.93. The predicted octanol–water partition coefficient (Wildman–Crippen LogP) is 11.0. The maximum Gasteiger partial charge on any atom is 0.164 e. The quantitative estimate of drug-likeness (QED) is 0.169. The Kier molecular flexibility index (Phi) is 7.41. The van der Waals surface area contributed by atoms with Gasteiger partial charge in [-0.2, -0.15) is 0 Å². The molecule has 0 amide bonds. The number of hydrogen-bond acceptors (Lipinski definition) is 5. The lowest BCUT2D eigenvalue weighted by Gasteiger charge is -2.11. The van der Waals surface area contributed by atoms with Crippen molar-refractivity contribution < 1.29 is 0 Å². The lowest BCUT2D eigenvalue weighted by molar-refractivity contribution is 1.07. The molecule has 0 N–H and O–H groups in total. The molecule has 0 unspecified atom stereocenters. The summed E-state index contributed by atoms with van der Waals surface area (Å²) in [4.78, 5) is 24.8. The SMILES string of the molecule is c1ccc(-c2nc(-c3ccccc3)nc(-c3ccc(-c4cccc(-c5cccc(-c6nc7ccccc7c7ccccc67)n5)c4)cc3)n2)cc1. The van der Waals surface area contributed by atoms with Gasteiger partial charge in [0.1, 0.15) is 0 Å². The molecule has 9 aromatic rings. The van der Waals surface area contributed by atoms with Gasteiger partial charge in [0.25, 0.3) is 0 Å². The zero-order valence-electron chi connectivity index (χ0n) is 27.0. The molecule has 9 rings (SSSR count). The van der Waals surface area contributed by atoms with E-state index in [1.165, 1.54) is 5.39 Å². The third kappa shape index (κ3) is 5.57. The molecule has 0 spiro atoms. The number of pyridine rings is 2. The van der Waals surface area contributed by atoms with E-state index in [1.807, 2.05) is 72.8 Å². The first kappa shape index (κ1) is 29.3. The van der Waals surface area contributed by atoms with Crippen LogP contribution in [0.4, 0.5) is 0 Å². The third-order valence-electron chi connectivity index (χ3n) is 8.93. The highest BCUT2D eigenvalue weighted by molar-refractivity contribution is 6.10. The van der Waals surface area contributed by atoms with Crippen LogP contribution in [0.15, 0.2) is 176 Å². The first-order valence-corrected chi connectivity index (χ1v) is 16.6. The molecule has 0 saturated carbocycles. The second kappa shape index (κ2) is 12.6. The molecular formula is C45H29N5. The van der Waals surface area contributed by atoms with E-state index in [1.54, 1.807) is 0 Å². The fourth-order valence-electron chi connectivity index (χ4n) is 6.43. The van der Waals surface area contributed by atoms with Gasteiger partial charge in [0.2, 0.25) is 0 Å². The maximum atomic E-state index is 5.14. The highest BCUT2D eigenvalue weighted by atomic mass is 15.0. The Balaban J connectivity index is 1.06. The van der Waals surface area contributed by atoms with Crippen LogP contribution < -0.4 is 0 Å². The smallest absolute Gasteiger partial charge is 0.164 e. The number of hydrogen-bond donors (Lipinski definition) is 0. The number of benzene rings is 6. The fraction of sp³-hybridized carbons (Fsp3) is 0. The van der Waals surface area contributed by atoms with Gasteiger partial charge in [0.15, 0.2) is 17.5 Å². The summed E-state index contributed by atoms with van der Waals surface area (Å²) >= 11 is 0. The molecule has 0 saturated heterocycles. The Bertz CT molecular complexity index is 2580. The van der Waals surface area contributed by atoms with Crippen LogP contribution in [0.2, 0.25) is 0 Å². The van der Waals surface area contributed by atoms with Crippen molar-refractivity contribution in [2.45, 2.75) is 0 Å². The molecule has 50 heavy (non-hydrogen) atoms.